The molecule has 0 saturated heterocycles. The Labute approximate surface area is 167 Å². The van der Waals surface area contributed by atoms with Gasteiger partial charge in [0.15, 0.2) is 18.1 Å². The largest absolute Gasteiger partial charge is 0.486 e. The van der Waals surface area contributed by atoms with E-state index in [2.05, 4.69) is 0 Å². The summed E-state index contributed by atoms with van der Waals surface area (Å²) in [6, 6.07) is 13.7. The SMILES string of the molecule is CC(c1ccc2c(c1)OCCO2)N(C)C(=O)COc1ccc2ccc(=O)oc2c1. The molecule has 150 valence electrons. The number of likely N-dealkylation sites (N-methyl/N-ethyl adjacent to an activating group) is 1. The van der Waals surface area contributed by atoms with E-state index in [1.165, 1.54) is 6.07 Å². The second-order valence-corrected chi connectivity index (χ2v) is 6.83. The number of carbonyl (C=O) groups excluding carboxylic acids is 1. The first kappa shape index (κ1) is 18.9. The Bertz CT molecular complexity index is 1110. The molecule has 4 rings (SSSR count). The maximum atomic E-state index is 12.6. The first-order chi connectivity index (χ1) is 14.0. The van der Waals surface area contributed by atoms with Crippen LogP contribution in [0.3, 0.4) is 0 Å². The Morgan fingerprint density at radius 2 is 1.83 bits per heavy atom. The van der Waals surface area contributed by atoms with Crippen molar-refractivity contribution in [3.63, 3.8) is 0 Å². The van der Waals surface area contributed by atoms with Crippen molar-refractivity contribution in [3.8, 4) is 17.2 Å². The molecule has 1 aliphatic heterocycles. The molecular formula is C22H21NO6. The van der Waals surface area contributed by atoms with Gasteiger partial charge in [-0.15, -0.1) is 0 Å². The molecule has 0 N–H and O–H groups in total. The standard InChI is InChI=1S/C22H21NO6/c1-14(16-4-7-18-20(11-16)27-10-9-26-18)23(2)21(24)13-28-17-6-3-15-5-8-22(25)29-19(15)12-17/h3-8,11-12,14H,9-10,13H2,1-2H3. The molecule has 0 fully saturated rings. The second-order valence-electron chi connectivity index (χ2n) is 6.83. The summed E-state index contributed by atoms with van der Waals surface area (Å²) in [6.45, 7) is 2.86. The summed E-state index contributed by atoms with van der Waals surface area (Å²) in [5, 5.41) is 0.785. The molecule has 29 heavy (non-hydrogen) atoms. The third-order valence-corrected chi connectivity index (χ3v) is 4.98. The van der Waals surface area contributed by atoms with E-state index in [1.807, 2.05) is 25.1 Å². The van der Waals surface area contributed by atoms with Gasteiger partial charge in [0.2, 0.25) is 0 Å². The van der Waals surface area contributed by atoms with Gasteiger partial charge in [-0.25, -0.2) is 4.79 Å². The fraction of sp³-hybridized carbons (Fsp3) is 0.273. The van der Waals surface area contributed by atoms with Gasteiger partial charge in [0, 0.05) is 24.6 Å². The van der Waals surface area contributed by atoms with Crippen molar-refractivity contribution in [2.45, 2.75) is 13.0 Å². The van der Waals surface area contributed by atoms with Crippen molar-refractivity contribution in [3.05, 3.63) is 64.5 Å². The topological polar surface area (TPSA) is 78.2 Å². The first-order valence-electron chi connectivity index (χ1n) is 9.33. The number of fused-ring (bicyclic) bond motifs is 2. The van der Waals surface area contributed by atoms with Crippen LogP contribution in [0.2, 0.25) is 0 Å². The van der Waals surface area contributed by atoms with Gasteiger partial charge in [-0.2, -0.15) is 0 Å². The van der Waals surface area contributed by atoms with Crippen molar-refractivity contribution >= 4 is 16.9 Å². The van der Waals surface area contributed by atoms with Crippen molar-refractivity contribution in [2.75, 3.05) is 26.9 Å². The molecule has 0 bridgehead atoms. The van der Waals surface area contributed by atoms with Gasteiger partial charge in [0.1, 0.15) is 24.5 Å². The summed E-state index contributed by atoms with van der Waals surface area (Å²) in [5.74, 6) is 1.69. The predicted octanol–water partition coefficient (Wildman–Crippen LogP) is 3.16. The lowest BCUT2D eigenvalue weighted by Gasteiger charge is -2.27. The number of hydrogen-bond acceptors (Lipinski definition) is 6. The number of nitrogens with zero attached hydrogens (tertiary/aromatic N) is 1. The van der Waals surface area contributed by atoms with Crippen LogP contribution in [0.25, 0.3) is 11.0 Å². The van der Waals surface area contributed by atoms with Gasteiger partial charge in [0.05, 0.1) is 6.04 Å². The van der Waals surface area contributed by atoms with Gasteiger partial charge in [0.25, 0.3) is 5.91 Å². The zero-order valence-electron chi connectivity index (χ0n) is 16.2. The lowest BCUT2D eigenvalue weighted by Crippen LogP contribution is -2.33. The lowest BCUT2D eigenvalue weighted by atomic mass is 10.1. The predicted molar refractivity (Wildman–Crippen MR) is 107 cm³/mol. The van der Waals surface area contributed by atoms with Gasteiger partial charge < -0.3 is 23.5 Å². The van der Waals surface area contributed by atoms with E-state index in [9.17, 15) is 9.59 Å². The molecule has 1 unspecified atom stereocenters. The first-order valence-corrected chi connectivity index (χ1v) is 9.33. The van der Waals surface area contributed by atoms with Gasteiger partial charge >= 0.3 is 5.63 Å². The highest BCUT2D eigenvalue weighted by Gasteiger charge is 2.20. The number of hydrogen-bond donors (Lipinski definition) is 0. The van der Waals surface area contributed by atoms with E-state index in [0.717, 1.165) is 10.9 Å². The minimum Gasteiger partial charge on any atom is -0.486 e. The van der Waals surface area contributed by atoms with Crippen LogP contribution in [0, 0.1) is 0 Å². The summed E-state index contributed by atoms with van der Waals surface area (Å²) < 4.78 is 21.9. The molecule has 1 aliphatic rings. The third kappa shape index (κ3) is 4.03. The van der Waals surface area contributed by atoms with Crippen LogP contribution < -0.4 is 19.8 Å². The normalized spacial score (nSPS) is 13.7. The zero-order chi connectivity index (χ0) is 20.4. The van der Waals surface area contributed by atoms with Crippen LogP contribution in [0.15, 0.2) is 57.7 Å². The minimum atomic E-state index is -0.432. The third-order valence-electron chi connectivity index (χ3n) is 4.98. The molecule has 1 atom stereocenters. The summed E-state index contributed by atoms with van der Waals surface area (Å²) in [5.41, 5.74) is 0.928. The molecule has 1 amide bonds. The number of ether oxygens (including phenoxy) is 3. The fourth-order valence-electron chi connectivity index (χ4n) is 3.14. The number of amides is 1. The lowest BCUT2D eigenvalue weighted by molar-refractivity contribution is -0.134. The Hall–Kier alpha value is -3.48. The van der Waals surface area contributed by atoms with Crippen LogP contribution in [-0.2, 0) is 4.79 Å². The molecule has 1 aromatic heterocycles. The van der Waals surface area contributed by atoms with Gasteiger partial charge in [-0.1, -0.05) is 6.07 Å². The number of rotatable bonds is 5. The Morgan fingerprint density at radius 3 is 2.66 bits per heavy atom. The summed E-state index contributed by atoms with van der Waals surface area (Å²) in [7, 11) is 1.73. The van der Waals surface area contributed by atoms with Crippen LogP contribution in [0.4, 0.5) is 0 Å². The molecule has 0 spiro atoms. The maximum absolute atomic E-state index is 12.6. The molecule has 7 heteroatoms. The fourth-order valence-corrected chi connectivity index (χ4v) is 3.14. The highest BCUT2D eigenvalue weighted by molar-refractivity contribution is 5.79. The summed E-state index contributed by atoms with van der Waals surface area (Å²) >= 11 is 0. The van der Waals surface area contributed by atoms with Crippen LogP contribution in [0.5, 0.6) is 17.2 Å². The average molecular weight is 395 g/mol. The molecule has 0 radical (unpaired) electrons. The summed E-state index contributed by atoms with van der Waals surface area (Å²) in [4.78, 5) is 25.6. The molecule has 3 aromatic rings. The molecule has 0 saturated carbocycles. The number of benzene rings is 2. The Morgan fingerprint density at radius 1 is 1.07 bits per heavy atom. The summed E-state index contributed by atoms with van der Waals surface area (Å²) in [6.07, 6.45) is 0. The van der Waals surface area contributed by atoms with Gasteiger partial charge in [-0.3, -0.25) is 4.79 Å². The van der Waals surface area contributed by atoms with Crippen molar-refractivity contribution in [2.24, 2.45) is 0 Å². The number of carbonyl (C=O) groups is 1. The quantitative estimate of drug-likeness (QED) is 0.618. The van der Waals surface area contributed by atoms with E-state index >= 15 is 0 Å². The van der Waals surface area contributed by atoms with E-state index in [1.54, 1.807) is 36.2 Å². The average Bonchev–Trinajstić information content (AvgIpc) is 2.75. The molecule has 2 aromatic carbocycles. The van der Waals surface area contributed by atoms with Crippen LogP contribution >= 0.6 is 0 Å². The maximum Gasteiger partial charge on any atom is 0.336 e. The highest BCUT2D eigenvalue weighted by atomic mass is 16.6. The Kier molecular flexibility index (Phi) is 5.12. The van der Waals surface area contributed by atoms with Crippen molar-refractivity contribution < 1.29 is 23.4 Å². The van der Waals surface area contributed by atoms with Crippen molar-refractivity contribution in [1.82, 2.24) is 4.90 Å². The smallest absolute Gasteiger partial charge is 0.336 e. The van der Waals surface area contributed by atoms with Crippen LogP contribution in [-0.4, -0.2) is 37.7 Å². The monoisotopic (exact) mass is 395 g/mol. The zero-order valence-corrected chi connectivity index (χ0v) is 16.2. The van der Waals surface area contributed by atoms with E-state index < -0.39 is 5.63 Å². The molecular weight excluding hydrogens is 374 g/mol. The van der Waals surface area contributed by atoms with E-state index in [-0.39, 0.29) is 18.6 Å². The van der Waals surface area contributed by atoms with Crippen LogP contribution in [0.1, 0.15) is 18.5 Å². The van der Waals surface area contributed by atoms with Crippen molar-refractivity contribution in [1.29, 1.82) is 0 Å². The minimum absolute atomic E-state index is 0.131. The molecule has 7 nitrogen and oxygen atoms in total. The Balaban J connectivity index is 1.42. The van der Waals surface area contributed by atoms with E-state index in [4.69, 9.17) is 18.6 Å². The van der Waals surface area contributed by atoms with E-state index in [0.29, 0.717) is 36.0 Å². The van der Waals surface area contributed by atoms with Gasteiger partial charge in [-0.05, 0) is 42.8 Å². The molecule has 2 heterocycles. The molecule has 0 aliphatic carbocycles. The highest BCUT2D eigenvalue weighted by Crippen LogP contribution is 2.33. The second kappa shape index (κ2) is 7.87.